The Labute approximate surface area is 401 Å². The molecule has 0 bridgehead atoms. The van der Waals surface area contributed by atoms with Crippen LogP contribution in [0.25, 0.3) is 0 Å². The Kier molecular flexibility index (Phi) is 12.9. The number of hydrogen-bond donors (Lipinski definition) is 5. The first-order valence-corrected chi connectivity index (χ1v) is 22.9. The number of carbonyl (C=O) groups is 4. The minimum atomic E-state index is -1.02. The van der Waals surface area contributed by atoms with Crippen LogP contribution in [0.3, 0.4) is 0 Å². The number of carboxylic acids is 2. The lowest BCUT2D eigenvalue weighted by Crippen LogP contribution is -2.56. The van der Waals surface area contributed by atoms with Crippen LogP contribution in [0.1, 0.15) is 90.2 Å². The van der Waals surface area contributed by atoms with Crippen molar-refractivity contribution >= 4 is 52.7 Å². The van der Waals surface area contributed by atoms with Crippen molar-refractivity contribution < 1.29 is 42.9 Å². The van der Waals surface area contributed by atoms with Gasteiger partial charge < -0.3 is 40.7 Å². The molecule has 0 spiro atoms. The molecule has 0 radical (unpaired) electrons. The number of amides is 2. The molecule has 6 aromatic rings. The second kappa shape index (κ2) is 19.2. The van der Waals surface area contributed by atoms with Crippen molar-refractivity contribution in [2.75, 3.05) is 41.3 Å². The van der Waals surface area contributed by atoms with Crippen LogP contribution in [0.15, 0.2) is 122 Å². The number of anilines is 3. The first-order valence-electron chi connectivity index (χ1n) is 22.6. The maximum Gasteiger partial charge on any atom is 0.335 e. The Balaban J connectivity index is 0.000000172. The van der Waals surface area contributed by atoms with Crippen molar-refractivity contribution in [3.05, 3.63) is 177 Å². The second-order valence-electron chi connectivity index (χ2n) is 17.9. The predicted molar refractivity (Wildman–Crippen MR) is 255 cm³/mol. The van der Waals surface area contributed by atoms with E-state index in [4.69, 9.17) is 26.6 Å². The van der Waals surface area contributed by atoms with E-state index in [9.17, 15) is 28.0 Å². The summed E-state index contributed by atoms with van der Waals surface area (Å²) in [5.41, 5.74) is 3.19. The summed E-state index contributed by atoms with van der Waals surface area (Å²) in [6, 6.07) is 30.2. The first-order chi connectivity index (χ1) is 33.2. The van der Waals surface area contributed by atoms with Gasteiger partial charge in [-0.15, -0.1) is 0 Å². The van der Waals surface area contributed by atoms with Gasteiger partial charge in [-0.25, -0.2) is 28.3 Å². The molecule has 2 aliphatic carbocycles. The van der Waals surface area contributed by atoms with Crippen LogP contribution in [0, 0.1) is 18.6 Å². The SMILES string of the molecule is Cc1cc(F)ccc1NC1CN(c2ncc(F)cc2C(=O)NC2(c3ccc(C(=O)O)cc3)CC2)C1.O=C(O)c1ccc(C2(NC(=O)c3cc(Cl)cnc3N3CCC(Oc4ccccc4)C3)CC2)cc1. The van der Waals surface area contributed by atoms with Gasteiger partial charge in [0.2, 0.25) is 0 Å². The number of ether oxygens (including phenoxy) is 1. The Bertz CT molecular complexity index is 2910. The summed E-state index contributed by atoms with van der Waals surface area (Å²) >= 11 is 6.21. The average Bonchev–Trinajstić information content (AvgIpc) is 4.25. The van der Waals surface area contributed by atoms with Gasteiger partial charge in [0.25, 0.3) is 11.8 Å². The van der Waals surface area contributed by atoms with Gasteiger partial charge in [0.15, 0.2) is 0 Å². The lowest BCUT2D eigenvalue weighted by molar-refractivity contribution is 0.0686. The number of benzene rings is 4. The number of nitrogens with one attached hydrogen (secondary N) is 3. The van der Waals surface area contributed by atoms with E-state index in [1.165, 1.54) is 30.3 Å². The molecule has 69 heavy (non-hydrogen) atoms. The lowest BCUT2D eigenvalue weighted by atomic mass is 10.0. The van der Waals surface area contributed by atoms with Gasteiger partial charge in [0, 0.05) is 37.9 Å². The molecule has 10 rings (SSSR count). The third-order valence-corrected chi connectivity index (χ3v) is 13.2. The molecule has 17 heteroatoms. The largest absolute Gasteiger partial charge is 0.489 e. The van der Waals surface area contributed by atoms with Crippen molar-refractivity contribution in [1.82, 2.24) is 20.6 Å². The topological polar surface area (TPSA) is 186 Å². The van der Waals surface area contributed by atoms with Gasteiger partial charge in [-0.3, -0.25) is 9.59 Å². The summed E-state index contributed by atoms with van der Waals surface area (Å²) in [5, 5.41) is 28.2. The van der Waals surface area contributed by atoms with E-state index in [0.717, 1.165) is 53.6 Å². The summed E-state index contributed by atoms with van der Waals surface area (Å²) in [5.74, 6) is -1.77. The number of aromatic nitrogens is 2. The van der Waals surface area contributed by atoms with Crippen LogP contribution in [0.5, 0.6) is 5.75 Å². The van der Waals surface area contributed by atoms with Crippen molar-refractivity contribution in [3.8, 4) is 5.75 Å². The zero-order chi connectivity index (χ0) is 48.5. The van der Waals surface area contributed by atoms with Gasteiger partial charge in [0.05, 0.1) is 57.1 Å². The molecule has 2 amide bonds. The molecule has 5 N–H and O–H groups in total. The number of halogens is 3. The van der Waals surface area contributed by atoms with E-state index < -0.39 is 34.7 Å². The number of carbonyl (C=O) groups excluding carboxylic acids is 2. The molecule has 354 valence electrons. The van der Waals surface area contributed by atoms with Gasteiger partial charge in [0.1, 0.15) is 35.1 Å². The van der Waals surface area contributed by atoms with Crippen LogP contribution < -0.4 is 30.5 Å². The molecule has 4 aliphatic rings. The molecule has 1 atom stereocenters. The zero-order valence-electron chi connectivity index (χ0n) is 37.4. The Morgan fingerprint density at radius 1 is 0.681 bits per heavy atom. The number of carboxylic acid groups (broad SMARTS) is 2. The number of nitrogens with zero attached hydrogens (tertiary/aromatic N) is 4. The first kappa shape index (κ1) is 46.5. The minimum Gasteiger partial charge on any atom is -0.489 e. The summed E-state index contributed by atoms with van der Waals surface area (Å²) in [4.78, 5) is 61.5. The van der Waals surface area contributed by atoms with Gasteiger partial charge in [-0.05, 0) is 116 Å². The fourth-order valence-electron chi connectivity index (χ4n) is 8.82. The van der Waals surface area contributed by atoms with Crippen molar-refractivity contribution in [3.63, 3.8) is 0 Å². The van der Waals surface area contributed by atoms with E-state index in [-0.39, 0.29) is 40.6 Å². The minimum absolute atomic E-state index is 0.00156. The number of aryl methyl sites for hydroxylation is 1. The smallest absolute Gasteiger partial charge is 0.335 e. The Hall–Kier alpha value is -7.59. The molecule has 14 nitrogen and oxygen atoms in total. The monoisotopic (exact) mass is 955 g/mol. The summed E-state index contributed by atoms with van der Waals surface area (Å²) in [7, 11) is 0. The van der Waals surface area contributed by atoms with E-state index >= 15 is 0 Å². The van der Waals surface area contributed by atoms with E-state index in [1.54, 1.807) is 54.7 Å². The van der Waals surface area contributed by atoms with Crippen molar-refractivity contribution in [2.24, 2.45) is 0 Å². The van der Waals surface area contributed by atoms with Crippen LogP contribution in [-0.2, 0) is 11.1 Å². The molecule has 4 heterocycles. The quantitative estimate of drug-likeness (QED) is 0.0701. The lowest BCUT2D eigenvalue weighted by Gasteiger charge is -2.41. The summed E-state index contributed by atoms with van der Waals surface area (Å²) in [6.07, 6.45) is 6.44. The fraction of sp³-hybridized carbons (Fsp3) is 0.269. The highest BCUT2D eigenvalue weighted by Gasteiger charge is 2.47. The molecule has 2 saturated carbocycles. The number of pyridine rings is 2. The number of aromatic carboxylic acids is 2. The third-order valence-electron chi connectivity index (χ3n) is 12.9. The predicted octanol–water partition coefficient (Wildman–Crippen LogP) is 8.60. The highest BCUT2D eigenvalue weighted by molar-refractivity contribution is 6.31. The molecular formula is C52H48ClF2N7O7. The number of hydrogen-bond acceptors (Lipinski definition) is 10. The second-order valence-corrected chi connectivity index (χ2v) is 18.3. The van der Waals surface area contributed by atoms with Crippen LogP contribution in [-0.4, -0.2) is 82.3 Å². The molecule has 2 aromatic heterocycles. The van der Waals surface area contributed by atoms with Crippen molar-refractivity contribution in [1.29, 1.82) is 0 Å². The highest BCUT2D eigenvalue weighted by atomic mass is 35.5. The molecule has 4 aromatic carbocycles. The fourth-order valence-corrected chi connectivity index (χ4v) is 8.97. The number of para-hydroxylation sites is 1. The van der Waals surface area contributed by atoms with E-state index in [1.807, 2.05) is 42.2 Å². The van der Waals surface area contributed by atoms with E-state index in [2.05, 4.69) is 30.8 Å². The maximum atomic E-state index is 14.1. The molecule has 4 fully saturated rings. The van der Waals surface area contributed by atoms with Crippen molar-refractivity contribution in [2.45, 2.75) is 62.3 Å². The molecule has 2 aliphatic heterocycles. The van der Waals surface area contributed by atoms with E-state index in [0.29, 0.717) is 61.2 Å². The molecule has 2 saturated heterocycles. The number of rotatable bonds is 14. The summed E-state index contributed by atoms with van der Waals surface area (Å²) in [6.45, 7) is 4.27. The molecule has 1 unspecified atom stereocenters. The maximum absolute atomic E-state index is 14.1. The van der Waals surface area contributed by atoms with Gasteiger partial charge >= 0.3 is 11.9 Å². The Morgan fingerprint density at radius 2 is 1.23 bits per heavy atom. The van der Waals surface area contributed by atoms with Gasteiger partial charge in [-0.2, -0.15) is 0 Å². The van der Waals surface area contributed by atoms with Crippen LogP contribution in [0.4, 0.5) is 26.1 Å². The van der Waals surface area contributed by atoms with Crippen LogP contribution in [0.2, 0.25) is 5.02 Å². The summed E-state index contributed by atoms with van der Waals surface area (Å²) < 4.78 is 33.5. The van der Waals surface area contributed by atoms with Crippen LogP contribution >= 0.6 is 11.6 Å². The van der Waals surface area contributed by atoms with Gasteiger partial charge in [-0.1, -0.05) is 54.1 Å². The average molecular weight is 956 g/mol. The Morgan fingerprint density at radius 3 is 1.78 bits per heavy atom. The highest BCUT2D eigenvalue weighted by Crippen LogP contribution is 2.47. The standard InChI is InChI=1S/C26H24ClN3O4.C26H24F2N4O3/c27-19-14-22(24(31)29-26(11-12-26)18-8-6-17(7-9-18)25(32)33)23(28-15-19)30-13-10-21(16-30)34-20-4-2-1-3-5-20;1-15-10-18(27)6-7-22(15)30-20-13-32(14-20)23-21(11-19(28)12-29-23)24(33)31-26(8-9-26)17-4-2-16(3-5-17)25(34)35/h1-9,14-15,21H,10-13,16H2,(H,29,31)(H,32,33);2-7,10-12,20,30H,8-9,13-14H2,1H3,(H,31,33)(H,34,35). The third kappa shape index (κ3) is 10.5. The zero-order valence-corrected chi connectivity index (χ0v) is 38.2. The normalized spacial score (nSPS) is 17.4. The molecular weight excluding hydrogens is 908 g/mol.